The zero-order valence-electron chi connectivity index (χ0n) is 77.3. The molecule has 3 aliphatic heterocycles. The molecule has 9 aromatic rings. The van der Waals surface area contributed by atoms with Gasteiger partial charge in [-0.3, -0.25) is 57.6 Å². The van der Waals surface area contributed by atoms with Crippen molar-refractivity contribution in [1.82, 2.24) is 43.5 Å². The third kappa shape index (κ3) is 26.6. The minimum Gasteiger partial charge on any atom is -0.492 e. The van der Waals surface area contributed by atoms with Crippen molar-refractivity contribution in [3.63, 3.8) is 0 Å². The molecule has 6 aromatic carbocycles. The van der Waals surface area contributed by atoms with Crippen LogP contribution in [0.2, 0.25) is 0 Å². The summed E-state index contributed by atoms with van der Waals surface area (Å²) < 4.78 is 108. The van der Waals surface area contributed by atoms with Gasteiger partial charge >= 0.3 is 29.8 Å². The average Bonchev–Trinajstić information content (AvgIpc) is 1.67. The van der Waals surface area contributed by atoms with Crippen LogP contribution in [0.15, 0.2) is 109 Å². The molecule has 39 heteroatoms. The third-order valence-electron chi connectivity index (χ3n) is 21.7. The van der Waals surface area contributed by atoms with E-state index in [-0.39, 0.29) is 74.4 Å². The number of carbonyl (C=O) groups excluding carboxylic acids is 7. The van der Waals surface area contributed by atoms with E-state index < -0.39 is 59.4 Å². The number of para-hydroxylation sites is 3. The second kappa shape index (κ2) is 40.8. The summed E-state index contributed by atoms with van der Waals surface area (Å²) in [6.07, 6.45) is 2.92. The summed E-state index contributed by atoms with van der Waals surface area (Å²) in [5.74, 6) is -4.90. The number of primary amides is 2. The van der Waals surface area contributed by atoms with Crippen molar-refractivity contribution in [2.24, 2.45) is 32.6 Å². The SMILES string of the molecule is COc1c(NC(=O)c2cc3cccc(CN4CCN(C(=O)C(N)=O)CC4)c3n2C)cc(C(C)(C)C)cc1NS(C)(=O)=O.COc1c(NC(=O)c2cc3cccc(CN4CCN(C(=O)OC(C)(C)C)CC4)c3n2C)cc(C(C)(C)C)cc1NS(C)(=O)=O.COc1c(NC(=O)c2cc3cccc(CN4CCNCC4)c3n2C)cc(C(C)(C)C)cc1NS(C)(=O)=O.NC(=O)C(=O)O. The van der Waals surface area contributed by atoms with Crippen LogP contribution in [0.1, 0.15) is 148 Å². The highest BCUT2D eigenvalue weighted by atomic mass is 32.2. The third-order valence-corrected chi connectivity index (χ3v) is 23.5. The minimum atomic E-state index is -3.61. The van der Waals surface area contributed by atoms with Crippen molar-refractivity contribution in [1.29, 1.82) is 0 Å². The van der Waals surface area contributed by atoms with Gasteiger partial charge in [-0.05, 0) is 125 Å². The van der Waals surface area contributed by atoms with Crippen LogP contribution in [0.5, 0.6) is 17.2 Å². The first-order valence-corrected chi connectivity index (χ1v) is 47.4. The number of amides is 7. The molecule has 3 fully saturated rings. The number of rotatable bonds is 21. The molecule has 0 radical (unpaired) electrons. The number of benzene rings is 6. The van der Waals surface area contributed by atoms with Crippen LogP contribution in [-0.4, -0.2) is 240 Å². The lowest BCUT2D eigenvalue weighted by molar-refractivity contribution is -0.148. The Labute approximate surface area is 754 Å². The molecule has 700 valence electrons. The first-order valence-electron chi connectivity index (χ1n) is 41.7. The Kier molecular flexibility index (Phi) is 31.8. The highest BCUT2D eigenvalue weighted by Gasteiger charge is 2.33. The average molecular weight is 1840 g/mol. The van der Waals surface area contributed by atoms with Gasteiger partial charge < -0.3 is 80.3 Å². The molecule has 7 amide bonds. The number of sulfonamides is 3. The summed E-state index contributed by atoms with van der Waals surface area (Å²) in [7, 11) is -0.886. The van der Waals surface area contributed by atoms with Crippen molar-refractivity contribution < 1.29 is 87.7 Å². The van der Waals surface area contributed by atoms with Gasteiger partial charge in [-0.2, -0.15) is 0 Å². The Bertz CT molecular complexity index is 6080. The predicted octanol–water partition coefficient (Wildman–Crippen LogP) is 9.47. The van der Waals surface area contributed by atoms with Gasteiger partial charge in [-0.25, -0.2) is 34.8 Å². The van der Waals surface area contributed by atoms with Crippen LogP contribution in [0.3, 0.4) is 0 Å². The van der Waals surface area contributed by atoms with Crippen LogP contribution < -0.4 is 61.1 Å². The number of ether oxygens (including phenoxy) is 4. The molecule has 6 heterocycles. The van der Waals surface area contributed by atoms with Gasteiger partial charge in [0, 0.05) is 135 Å². The maximum Gasteiger partial charge on any atom is 0.410 e. The molecule has 0 atom stereocenters. The van der Waals surface area contributed by atoms with Gasteiger partial charge in [-0.1, -0.05) is 117 Å². The molecule has 129 heavy (non-hydrogen) atoms. The molecule has 3 aromatic heterocycles. The number of aliphatic carboxylic acids is 1. The lowest BCUT2D eigenvalue weighted by Gasteiger charge is -2.35. The monoisotopic (exact) mass is 1840 g/mol. The van der Waals surface area contributed by atoms with E-state index in [0.29, 0.717) is 99.6 Å². The normalized spacial score (nSPS) is 14.5. The van der Waals surface area contributed by atoms with E-state index in [1.165, 1.54) is 31.8 Å². The number of nitrogens with one attached hydrogen (secondary N) is 7. The van der Waals surface area contributed by atoms with E-state index in [1.54, 1.807) is 29.2 Å². The topological polar surface area (TPSA) is 463 Å². The Hall–Kier alpha value is -12.0. The predicted molar refractivity (Wildman–Crippen MR) is 502 cm³/mol. The largest absolute Gasteiger partial charge is 0.492 e. The van der Waals surface area contributed by atoms with Crippen LogP contribution >= 0.6 is 0 Å². The summed E-state index contributed by atoms with van der Waals surface area (Å²) in [5, 5.41) is 22.6. The van der Waals surface area contributed by atoms with Crippen molar-refractivity contribution >= 4 is 144 Å². The molecule has 3 saturated heterocycles. The number of aryl methyl sites for hydroxylation is 3. The van der Waals surface area contributed by atoms with E-state index >= 15 is 0 Å². The van der Waals surface area contributed by atoms with Gasteiger partial charge in [0.15, 0.2) is 17.2 Å². The summed E-state index contributed by atoms with van der Waals surface area (Å²) >= 11 is 0. The van der Waals surface area contributed by atoms with Gasteiger partial charge in [0.2, 0.25) is 30.1 Å². The molecule has 0 aliphatic carbocycles. The standard InChI is InChI=1S/C32H45N5O6S.C29H38N6O6S.C27H37N5O4S.C2H3NO3/c1-31(2,3)23-18-24(28(42-8)25(19-23)34-44(9,40)41)33-29(38)26-17-21-11-10-12-22(27(21)35(26)7)20-36-13-15-37(16-14-36)30(39)43-32(4,5)6;1-29(2,3)20-15-21(25(41-5)22(16-20)32-42(6,39)40)31-27(37)23-14-18-8-7-9-19(24(18)33(23)4)17-34-10-12-35(13-11-34)28(38)26(30)36;1-27(2,3)20-15-21(25(36-5)22(16-20)30-37(6,34)35)29-26(33)23-14-18-8-7-9-19(24(18)31(23)4)17-32-12-10-28-11-13-32;3-1(4)2(5)6/h10-12,17-19,34H,13-16,20H2,1-9H3,(H,33,38);7-9,14-16,32H,10-13,17H2,1-6H3,(H2,30,36)(H,31,37);7-9,14-16,28,30H,10-13,17H2,1-6H3,(H,29,33);(H2,3,4)(H,5,6). The Morgan fingerprint density at radius 2 is 0.674 bits per heavy atom. The molecular formula is C90H123N17O19S3. The molecule has 12 rings (SSSR count). The number of fused-ring (bicyclic) bond motifs is 3. The van der Waals surface area contributed by atoms with E-state index in [0.717, 1.165) is 112 Å². The van der Waals surface area contributed by atoms with E-state index in [1.807, 2.05) is 191 Å². The molecule has 0 bridgehead atoms. The van der Waals surface area contributed by atoms with E-state index in [9.17, 15) is 63.6 Å². The Morgan fingerprint density at radius 1 is 0.403 bits per heavy atom. The quantitative estimate of drug-likeness (QED) is 0.0299. The highest BCUT2D eigenvalue weighted by molar-refractivity contribution is 7.92. The fourth-order valence-electron chi connectivity index (χ4n) is 15.3. The van der Waals surface area contributed by atoms with Crippen molar-refractivity contribution in [3.05, 3.63) is 160 Å². The van der Waals surface area contributed by atoms with E-state index in [4.69, 9.17) is 29.8 Å². The second-order valence-electron chi connectivity index (χ2n) is 36.3. The van der Waals surface area contributed by atoms with E-state index in [2.05, 4.69) is 68.0 Å². The zero-order valence-corrected chi connectivity index (χ0v) is 79.7. The number of carboxylic acids is 1. The lowest BCUT2D eigenvalue weighted by atomic mass is 9.86. The maximum absolute atomic E-state index is 13.7. The van der Waals surface area contributed by atoms with Gasteiger partial charge in [-0.15, -0.1) is 0 Å². The number of nitrogens with zero attached hydrogens (tertiary/aromatic N) is 8. The number of carboxylic acid groups (broad SMARTS) is 1. The first-order chi connectivity index (χ1) is 60.0. The van der Waals surface area contributed by atoms with Gasteiger partial charge in [0.1, 0.15) is 22.7 Å². The summed E-state index contributed by atoms with van der Waals surface area (Å²) in [6, 6.07) is 34.2. The van der Waals surface area contributed by atoms with Crippen LogP contribution in [0.4, 0.5) is 38.9 Å². The molecule has 3 aliphatic rings. The number of methoxy groups -OCH3 is 3. The van der Waals surface area contributed by atoms with Crippen LogP contribution in [0, 0.1) is 0 Å². The summed E-state index contributed by atoms with van der Waals surface area (Å²) in [4.78, 5) is 105. The highest BCUT2D eigenvalue weighted by Crippen LogP contribution is 2.44. The Morgan fingerprint density at radius 3 is 0.922 bits per heavy atom. The van der Waals surface area contributed by atoms with Crippen LogP contribution in [0.25, 0.3) is 32.7 Å². The number of hydrogen-bond donors (Lipinski definition) is 10. The fraction of sp³-hybridized carbons (Fsp3) is 0.444. The maximum atomic E-state index is 13.7. The number of anilines is 6. The first kappa shape index (κ1) is 101. The number of nitrogens with two attached hydrogens (primary N) is 2. The fourth-order valence-corrected chi connectivity index (χ4v) is 17.0. The van der Waals surface area contributed by atoms with Crippen molar-refractivity contribution in [2.75, 3.05) is 149 Å². The minimum absolute atomic E-state index is 0.204. The summed E-state index contributed by atoms with van der Waals surface area (Å²) in [6.45, 7) is 34.2. The molecule has 36 nitrogen and oxygen atoms in total. The number of aromatic nitrogens is 3. The number of piperazine rings is 3. The van der Waals surface area contributed by atoms with Crippen molar-refractivity contribution in [2.45, 2.75) is 125 Å². The lowest BCUT2D eigenvalue weighted by Crippen LogP contribution is -2.51. The second-order valence-corrected chi connectivity index (χ2v) is 41.5. The molecule has 12 N–H and O–H groups in total. The molecular weight excluding hydrogens is 1720 g/mol. The van der Waals surface area contributed by atoms with Gasteiger partial charge in [0.25, 0.3) is 17.7 Å². The smallest absolute Gasteiger partial charge is 0.410 e. The molecule has 0 spiro atoms. The van der Waals surface area contributed by atoms with Crippen molar-refractivity contribution in [3.8, 4) is 17.2 Å². The number of hydrogen-bond acceptors (Lipinski definition) is 22. The number of carbonyl (C=O) groups is 8. The summed E-state index contributed by atoms with van der Waals surface area (Å²) in [5.41, 5.74) is 19.7. The molecule has 0 saturated carbocycles. The Balaban J connectivity index is 0.000000212. The van der Waals surface area contributed by atoms with Gasteiger partial charge in [0.05, 0.1) is 90.8 Å². The zero-order chi connectivity index (χ0) is 95.7. The van der Waals surface area contributed by atoms with Crippen LogP contribution in [-0.2, 0) is 111 Å². The molecule has 0 unspecified atom stereocenters.